The predicted molar refractivity (Wildman–Crippen MR) is 89.6 cm³/mol. The third-order valence-corrected chi connectivity index (χ3v) is 3.42. The number of hydrogen-bond donors (Lipinski definition) is 3. The number of rotatable bonds is 6. The summed E-state index contributed by atoms with van der Waals surface area (Å²) >= 11 is 8.24. The van der Waals surface area contributed by atoms with Crippen LogP contribution in [0.2, 0.25) is 0 Å². The number of hydrogen-bond acceptors (Lipinski definition) is 3. The normalized spacial score (nSPS) is 10.0. The Morgan fingerprint density at radius 1 is 1.33 bits per heavy atom. The van der Waals surface area contributed by atoms with Crippen LogP contribution in [0.3, 0.4) is 0 Å². The predicted octanol–water partition coefficient (Wildman–Crippen LogP) is 3.54. The molecule has 0 heterocycles. The summed E-state index contributed by atoms with van der Waals surface area (Å²) in [4.78, 5) is 22.8. The first-order valence-electron chi connectivity index (χ1n) is 6.57. The van der Waals surface area contributed by atoms with Gasteiger partial charge in [-0.3, -0.25) is 4.79 Å². The zero-order chi connectivity index (χ0) is 15.8. The van der Waals surface area contributed by atoms with Crippen LogP contribution in [0.1, 0.15) is 43.0 Å². The van der Waals surface area contributed by atoms with E-state index in [0.29, 0.717) is 16.6 Å². The number of aromatic carboxylic acids is 1. The minimum Gasteiger partial charge on any atom is -0.478 e. The molecule has 0 aliphatic rings. The van der Waals surface area contributed by atoms with Crippen molar-refractivity contribution in [3.63, 3.8) is 0 Å². The summed E-state index contributed by atoms with van der Waals surface area (Å²) in [6, 6.07) is 4.75. The van der Waals surface area contributed by atoms with Gasteiger partial charge in [0, 0.05) is 10.9 Å². The van der Waals surface area contributed by atoms with Gasteiger partial charge in [-0.2, -0.15) is 0 Å². The van der Waals surface area contributed by atoms with E-state index in [0.717, 1.165) is 19.3 Å². The number of carbonyl (C=O) groups excluding carboxylic acids is 1. The van der Waals surface area contributed by atoms with E-state index in [1.165, 1.54) is 6.07 Å². The van der Waals surface area contributed by atoms with Crippen LogP contribution in [0.5, 0.6) is 0 Å². The van der Waals surface area contributed by atoms with Crippen molar-refractivity contribution in [1.82, 2.24) is 5.32 Å². The van der Waals surface area contributed by atoms with Crippen molar-refractivity contribution in [3.8, 4) is 0 Å². The maximum absolute atomic E-state index is 11.6. The smallest absolute Gasteiger partial charge is 0.337 e. The van der Waals surface area contributed by atoms with E-state index >= 15 is 0 Å². The molecule has 21 heavy (non-hydrogen) atoms. The summed E-state index contributed by atoms with van der Waals surface area (Å²) in [6.07, 6.45) is 3.24. The summed E-state index contributed by atoms with van der Waals surface area (Å²) in [5, 5.41) is 14.5. The SMILES string of the molecule is CCCCCC(=O)NC(=S)Nc1ccc(Br)cc1C(=O)O. The number of amides is 1. The van der Waals surface area contributed by atoms with E-state index in [2.05, 4.69) is 33.5 Å². The highest BCUT2D eigenvalue weighted by molar-refractivity contribution is 9.10. The van der Waals surface area contributed by atoms with E-state index in [4.69, 9.17) is 17.3 Å². The van der Waals surface area contributed by atoms with Gasteiger partial charge in [-0.05, 0) is 36.8 Å². The second kappa shape index (κ2) is 8.74. The third kappa shape index (κ3) is 6.22. The number of unbranched alkanes of at least 4 members (excludes halogenated alkanes) is 2. The van der Waals surface area contributed by atoms with Gasteiger partial charge < -0.3 is 15.7 Å². The highest BCUT2D eigenvalue weighted by atomic mass is 79.9. The van der Waals surface area contributed by atoms with Gasteiger partial charge in [0.2, 0.25) is 5.91 Å². The van der Waals surface area contributed by atoms with E-state index in [1.54, 1.807) is 12.1 Å². The number of benzene rings is 1. The van der Waals surface area contributed by atoms with Crippen molar-refractivity contribution < 1.29 is 14.7 Å². The Hall–Kier alpha value is -1.47. The molecular weight excluding hydrogens is 356 g/mol. The molecule has 0 aliphatic carbocycles. The first-order valence-corrected chi connectivity index (χ1v) is 7.77. The van der Waals surface area contributed by atoms with Gasteiger partial charge in [-0.1, -0.05) is 35.7 Å². The minimum atomic E-state index is -1.07. The van der Waals surface area contributed by atoms with E-state index < -0.39 is 5.97 Å². The molecule has 0 bridgehead atoms. The van der Waals surface area contributed by atoms with Gasteiger partial charge in [-0.15, -0.1) is 0 Å². The van der Waals surface area contributed by atoms with Crippen molar-refractivity contribution in [3.05, 3.63) is 28.2 Å². The molecule has 0 saturated heterocycles. The van der Waals surface area contributed by atoms with Gasteiger partial charge >= 0.3 is 5.97 Å². The van der Waals surface area contributed by atoms with Gasteiger partial charge in [0.1, 0.15) is 0 Å². The Labute approximate surface area is 137 Å². The Balaban J connectivity index is 2.63. The molecule has 1 aromatic rings. The molecule has 0 atom stereocenters. The maximum Gasteiger partial charge on any atom is 0.337 e. The lowest BCUT2D eigenvalue weighted by Gasteiger charge is -2.12. The van der Waals surface area contributed by atoms with E-state index in [-0.39, 0.29) is 16.6 Å². The fraction of sp³-hybridized carbons (Fsp3) is 0.357. The highest BCUT2D eigenvalue weighted by Gasteiger charge is 2.12. The maximum atomic E-state index is 11.6. The van der Waals surface area contributed by atoms with Crippen molar-refractivity contribution in [2.45, 2.75) is 32.6 Å². The number of thiocarbonyl (C=S) groups is 1. The zero-order valence-electron chi connectivity index (χ0n) is 11.6. The molecule has 0 radical (unpaired) electrons. The molecule has 0 unspecified atom stereocenters. The average Bonchev–Trinajstić information content (AvgIpc) is 2.40. The standard InChI is InChI=1S/C14H17BrN2O3S/c1-2-3-4-5-12(18)17-14(21)16-11-7-6-9(15)8-10(11)13(19)20/h6-8H,2-5H2,1H3,(H,19,20)(H2,16,17,18,21). The number of carboxylic acid groups (broad SMARTS) is 1. The van der Waals surface area contributed by atoms with Crippen LogP contribution in [0, 0.1) is 0 Å². The Bertz CT molecular complexity index is 549. The molecule has 0 spiro atoms. The topological polar surface area (TPSA) is 78.4 Å². The molecule has 0 saturated carbocycles. The second-order valence-corrected chi connectivity index (χ2v) is 5.78. The van der Waals surface area contributed by atoms with E-state index in [9.17, 15) is 9.59 Å². The van der Waals surface area contributed by atoms with Crippen LogP contribution in [-0.2, 0) is 4.79 Å². The van der Waals surface area contributed by atoms with Gasteiger partial charge in [0.15, 0.2) is 5.11 Å². The average molecular weight is 373 g/mol. The van der Waals surface area contributed by atoms with Crippen molar-refractivity contribution >= 4 is 50.8 Å². The molecule has 0 fully saturated rings. The Kier molecular flexibility index (Phi) is 7.31. The molecule has 1 amide bonds. The summed E-state index contributed by atoms with van der Waals surface area (Å²) in [5.74, 6) is -1.24. The lowest BCUT2D eigenvalue weighted by Crippen LogP contribution is -2.34. The number of carboxylic acids is 1. The molecule has 0 aromatic heterocycles. The van der Waals surface area contributed by atoms with Crippen LogP contribution in [0.4, 0.5) is 5.69 Å². The lowest BCUT2D eigenvalue weighted by molar-refractivity contribution is -0.119. The Morgan fingerprint density at radius 3 is 2.67 bits per heavy atom. The largest absolute Gasteiger partial charge is 0.478 e. The monoisotopic (exact) mass is 372 g/mol. The summed E-state index contributed by atoms with van der Waals surface area (Å²) in [6.45, 7) is 2.06. The van der Waals surface area contributed by atoms with E-state index in [1.807, 2.05) is 0 Å². The zero-order valence-corrected chi connectivity index (χ0v) is 14.0. The van der Waals surface area contributed by atoms with Crippen molar-refractivity contribution in [1.29, 1.82) is 0 Å². The van der Waals surface area contributed by atoms with Crippen LogP contribution in [-0.4, -0.2) is 22.1 Å². The van der Waals surface area contributed by atoms with Crippen molar-refractivity contribution in [2.75, 3.05) is 5.32 Å². The minimum absolute atomic E-state index is 0.0759. The van der Waals surface area contributed by atoms with Gasteiger partial charge in [0.25, 0.3) is 0 Å². The number of nitrogens with one attached hydrogen (secondary N) is 2. The molecule has 1 rings (SSSR count). The van der Waals surface area contributed by atoms with Crippen molar-refractivity contribution in [2.24, 2.45) is 0 Å². The number of anilines is 1. The fourth-order valence-electron chi connectivity index (χ4n) is 1.68. The lowest BCUT2D eigenvalue weighted by atomic mass is 10.2. The van der Waals surface area contributed by atoms with Crippen LogP contribution in [0.25, 0.3) is 0 Å². The van der Waals surface area contributed by atoms with Gasteiger partial charge in [-0.25, -0.2) is 4.79 Å². The summed E-state index contributed by atoms with van der Waals surface area (Å²) < 4.78 is 0.653. The molecule has 1 aromatic carbocycles. The first-order chi connectivity index (χ1) is 9.93. The van der Waals surface area contributed by atoms with Gasteiger partial charge in [0.05, 0.1) is 11.3 Å². The molecule has 114 valence electrons. The first kappa shape index (κ1) is 17.6. The third-order valence-electron chi connectivity index (χ3n) is 2.72. The highest BCUT2D eigenvalue weighted by Crippen LogP contribution is 2.21. The number of carbonyl (C=O) groups is 2. The van der Waals surface area contributed by atoms with Crippen LogP contribution in [0.15, 0.2) is 22.7 Å². The molecular formula is C14H17BrN2O3S. The molecule has 3 N–H and O–H groups in total. The molecule has 5 nitrogen and oxygen atoms in total. The second-order valence-electron chi connectivity index (χ2n) is 4.45. The molecule has 0 aliphatic heterocycles. The quantitative estimate of drug-likeness (QED) is 0.525. The summed E-state index contributed by atoms with van der Waals surface area (Å²) in [7, 11) is 0. The Morgan fingerprint density at radius 2 is 2.05 bits per heavy atom. The molecule has 7 heteroatoms. The van der Waals surface area contributed by atoms with Crippen LogP contribution < -0.4 is 10.6 Å². The summed E-state index contributed by atoms with van der Waals surface area (Å²) in [5.41, 5.74) is 0.413. The number of halogens is 1. The fourth-order valence-corrected chi connectivity index (χ4v) is 2.27. The van der Waals surface area contributed by atoms with Crippen LogP contribution >= 0.6 is 28.1 Å².